The van der Waals surface area contributed by atoms with Gasteiger partial charge in [-0.15, -0.1) is 0 Å². The lowest BCUT2D eigenvalue weighted by atomic mass is 9.73. The van der Waals surface area contributed by atoms with Gasteiger partial charge in [0.05, 0.1) is 6.61 Å². The van der Waals surface area contributed by atoms with Crippen molar-refractivity contribution in [2.24, 2.45) is 5.41 Å². The second kappa shape index (κ2) is 5.34. The van der Waals surface area contributed by atoms with E-state index in [2.05, 4.69) is 23.5 Å². The number of hydrogen-bond donors (Lipinski definition) is 2. The van der Waals surface area contributed by atoms with Gasteiger partial charge in [0, 0.05) is 6.04 Å². The normalized spacial score (nSPS) is 22.7. The van der Waals surface area contributed by atoms with Gasteiger partial charge in [0.15, 0.2) is 16.6 Å². The molecule has 1 fully saturated rings. The smallest absolute Gasteiger partial charge is 0.197 e. The Morgan fingerprint density at radius 3 is 2.94 bits per heavy atom. The maximum absolute atomic E-state index is 5.83. The van der Waals surface area contributed by atoms with Gasteiger partial charge in [-0.05, 0) is 36.7 Å². The molecule has 1 aromatic heterocycles. The van der Waals surface area contributed by atoms with Crippen LogP contribution in [0.3, 0.4) is 0 Å². The van der Waals surface area contributed by atoms with Crippen LogP contribution in [0.1, 0.15) is 46.5 Å². The van der Waals surface area contributed by atoms with E-state index in [0.717, 1.165) is 10.8 Å². The summed E-state index contributed by atoms with van der Waals surface area (Å²) >= 11 is 1.40. The minimum absolute atomic E-state index is 0.320. The third-order valence-electron chi connectivity index (χ3n) is 3.78. The molecule has 1 heterocycles. The van der Waals surface area contributed by atoms with Crippen molar-refractivity contribution in [3.63, 3.8) is 0 Å². The molecule has 1 atom stereocenters. The highest BCUT2D eigenvalue weighted by Gasteiger charge is 2.33. The fourth-order valence-corrected chi connectivity index (χ4v) is 3.30. The predicted octanol–water partition coefficient (Wildman–Crippen LogP) is 3.50. The number of aromatic nitrogens is 1. The van der Waals surface area contributed by atoms with Crippen LogP contribution in [0.15, 0.2) is 0 Å². The average molecular weight is 269 g/mol. The molecule has 0 saturated heterocycles. The van der Waals surface area contributed by atoms with E-state index >= 15 is 0 Å². The molecular weight excluding hydrogens is 246 g/mol. The van der Waals surface area contributed by atoms with Crippen LogP contribution in [-0.2, 0) is 0 Å². The quantitative estimate of drug-likeness (QED) is 0.878. The zero-order valence-electron chi connectivity index (χ0n) is 11.5. The van der Waals surface area contributed by atoms with Gasteiger partial charge in [0.1, 0.15) is 0 Å². The zero-order chi connectivity index (χ0) is 13.2. The summed E-state index contributed by atoms with van der Waals surface area (Å²) in [5.74, 6) is 1.22. The first-order chi connectivity index (χ1) is 8.54. The largest absolute Gasteiger partial charge is 0.487 e. The number of anilines is 2. The summed E-state index contributed by atoms with van der Waals surface area (Å²) in [6, 6.07) is 0.477. The second-order valence-electron chi connectivity index (χ2n) is 5.59. The highest BCUT2D eigenvalue weighted by Crippen LogP contribution is 2.41. The summed E-state index contributed by atoms with van der Waals surface area (Å²) in [6.07, 6.45) is 5.09. The van der Waals surface area contributed by atoms with E-state index in [1.54, 1.807) is 0 Å². The molecule has 0 aliphatic heterocycles. The van der Waals surface area contributed by atoms with Crippen LogP contribution in [0.5, 0.6) is 5.75 Å². The predicted molar refractivity (Wildman–Crippen MR) is 77.4 cm³/mol. The van der Waals surface area contributed by atoms with Crippen LogP contribution < -0.4 is 15.8 Å². The van der Waals surface area contributed by atoms with Crippen LogP contribution in [-0.4, -0.2) is 17.0 Å². The molecule has 0 bridgehead atoms. The lowest BCUT2D eigenvalue weighted by Gasteiger charge is -2.39. The highest BCUT2D eigenvalue weighted by atomic mass is 32.1. The highest BCUT2D eigenvalue weighted by molar-refractivity contribution is 7.11. The van der Waals surface area contributed by atoms with Crippen molar-refractivity contribution in [2.75, 3.05) is 17.7 Å². The molecule has 1 saturated carbocycles. The Balaban J connectivity index is 2.13. The molecule has 3 N–H and O–H groups in total. The average Bonchev–Trinajstić information content (AvgIpc) is 2.65. The summed E-state index contributed by atoms with van der Waals surface area (Å²) in [4.78, 5) is 0. The number of ether oxygens (including phenoxy) is 1. The summed E-state index contributed by atoms with van der Waals surface area (Å²) in [7, 11) is 0. The third-order valence-corrected chi connectivity index (χ3v) is 4.55. The van der Waals surface area contributed by atoms with Crippen molar-refractivity contribution in [3.05, 3.63) is 0 Å². The SMILES string of the molecule is CCOc1c(N)nsc1NC1CCCCC1(C)C. The molecule has 2 rings (SSSR count). The Morgan fingerprint density at radius 2 is 2.28 bits per heavy atom. The van der Waals surface area contributed by atoms with Crippen molar-refractivity contribution < 1.29 is 4.74 Å². The van der Waals surface area contributed by atoms with Crippen LogP contribution in [0.4, 0.5) is 10.8 Å². The van der Waals surface area contributed by atoms with Gasteiger partial charge in [0.2, 0.25) is 0 Å². The van der Waals surface area contributed by atoms with Gasteiger partial charge >= 0.3 is 0 Å². The van der Waals surface area contributed by atoms with E-state index in [1.165, 1.54) is 37.2 Å². The number of nitrogen functional groups attached to an aromatic ring is 1. The molecule has 1 aliphatic carbocycles. The van der Waals surface area contributed by atoms with E-state index < -0.39 is 0 Å². The molecule has 4 nitrogen and oxygen atoms in total. The summed E-state index contributed by atoms with van der Waals surface area (Å²) in [5.41, 5.74) is 6.15. The Bertz CT molecular complexity index is 403. The molecule has 18 heavy (non-hydrogen) atoms. The number of hydrogen-bond acceptors (Lipinski definition) is 5. The molecule has 0 aromatic carbocycles. The molecule has 1 aliphatic rings. The van der Waals surface area contributed by atoms with Gasteiger partial charge in [-0.2, -0.15) is 4.37 Å². The Morgan fingerprint density at radius 1 is 1.50 bits per heavy atom. The number of nitrogens with one attached hydrogen (secondary N) is 1. The summed E-state index contributed by atoms with van der Waals surface area (Å²) < 4.78 is 9.76. The first-order valence-corrected chi connectivity index (χ1v) is 7.46. The summed E-state index contributed by atoms with van der Waals surface area (Å²) in [6.45, 7) is 7.24. The molecule has 0 radical (unpaired) electrons. The van der Waals surface area contributed by atoms with Crippen molar-refractivity contribution in [3.8, 4) is 5.75 Å². The molecule has 102 valence electrons. The van der Waals surface area contributed by atoms with E-state index in [1.807, 2.05) is 6.92 Å². The zero-order valence-corrected chi connectivity index (χ0v) is 12.3. The minimum Gasteiger partial charge on any atom is -0.487 e. The van der Waals surface area contributed by atoms with E-state index in [-0.39, 0.29) is 0 Å². The Kier molecular flexibility index (Phi) is 4.00. The van der Waals surface area contributed by atoms with Gasteiger partial charge in [-0.1, -0.05) is 26.7 Å². The van der Waals surface area contributed by atoms with Crippen molar-refractivity contribution in [2.45, 2.75) is 52.5 Å². The van der Waals surface area contributed by atoms with Crippen LogP contribution in [0.2, 0.25) is 0 Å². The molecule has 5 heteroatoms. The van der Waals surface area contributed by atoms with Crippen molar-refractivity contribution >= 4 is 22.4 Å². The fourth-order valence-electron chi connectivity index (χ4n) is 2.59. The van der Waals surface area contributed by atoms with E-state index in [4.69, 9.17) is 10.5 Å². The van der Waals surface area contributed by atoms with Gasteiger partial charge in [0.25, 0.3) is 0 Å². The van der Waals surface area contributed by atoms with Gasteiger partial charge in [-0.25, -0.2) is 0 Å². The standard InChI is InChI=1S/C13H23N3OS/c1-4-17-10-11(14)16-18-12(10)15-9-7-5-6-8-13(9,2)3/h9,15H,4-8H2,1-3H3,(H2,14,16). The van der Waals surface area contributed by atoms with Crippen LogP contribution in [0, 0.1) is 5.41 Å². The van der Waals surface area contributed by atoms with Gasteiger partial charge < -0.3 is 15.8 Å². The molecular formula is C13H23N3OS. The topological polar surface area (TPSA) is 60.2 Å². The van der Waals surface area contributed by atoms with E-state index in [9.17, 15) is 0 Å². The monoisotopic (exact) mass is 269 g/mol. The third kappa shape index (κ3) is 2.71. The minimum atomic E-state index is 0.320. The number of rotatable bonds is 4. The lowest BCUT2D eigenvalue weighted by molar-refractivity contribution is 0.217. The number of nitrogens with two attached hydrogens (primary N) is 1. The van der Waals surface area contributed by atoms with E-state index in [0.29, 0.717) is 23.9 Å². The summed E-state index contributed by atoms with van der Waals surface area (Å²) in [5, 5.41) is 4.58. The second-order valence-corrected chi connectivity index (χ2v) is 6.36. The maximum Gasteiger partial charge on any atom is 0.197 e. The fraction of sp³-hybridized carbons (Fsp3) is 0.769. The molecule has 1 aromatic rings. The molecule has 1 unspecified atom stereocenters. The first-order valence-electron chi connectivity index (χ1n) is 6.69. The lowest BCUT2D eigenvalue weighted by Crippen LogP contribution is -2.38. The first kappa shape index (κ1) is 13.5. The Labute approximate surface area is 113 Å². The number of nitrogens with zero attached hydrogens (tertiary/aromatic N) is 1. The Hall–Kier alpha value is -0.970. The van der Waals surface area contributed by atoms with Gasteiger partial charge in [-0.3, -0.25) is 0 Å². The molecule has 0 amide bonds. The van der Waals surface area contributed by atoms with Crippen LogP contribution >= 0.6 is 11.5 Å². The van der Waals surface area contributed by atoms with Crippen molar-refractivity contribution in [1.82, 2.24) is 4.37 Å². The molecule has 0 spiro atoms. The maximum atomic E-state index is 5.83. The van der Waals surface area contributed by atoms with Crippen molar-refractivity contribution in [1.29, 1.82) is 0 Å². The van der Waals surface area contributed by atoms with Crippen LogP contribution in [0.25, 0.3) is 0 Å².